The minimum atomic E-state index is -0.712. The fourth-order valence-electron chi connectivity index (χ4n) is 8.35. The molecule has 3 N–H and O–H groups in total. The molecule has 0 saturated carbocycles. The minimum absolute atomic E-state index is 0.105. The summed E-state index contributed by atoms with van der Waals surface area (Å²) >= 11 is 0. The van der Waals surface area contributed by atoms with Crippen molar-refractivity contribution < 1.29 is 28.7 Å². The Kier molecular flexibility index (Phi) is 12.0. The van der Waals surface area contributed by atoms with Crippen LogP contribution in [0.5, 0.6) is 0 Å². The molecular weight excluding hydrogens is 747 g/mol. The number of carbonyl (C=O) groups excluding carboxylic acids is 4. The molecule has 1 aromatic heterocycles. The van der Waals surface area contributed by atoms with Crippen molar-refractivity contribution in [3.8, 4) is 22.4 Å². The van der Waals surface area contributed by atoms with Crippen molar-refractivity contribution in [1.29, 1.82) is 0 Å². The Balaban J connectivity index is 1.00. The third-order valence-electron chi connectivity index (χ3n) is 11.6. The number of methoxy groups -OCH3 is 2. The van der Waals surface area contributed by atoms with Gasteiger partial charge in [-0.15, -0.1) is 0 Å². The number of benzene rings is 3. The number of aromatic nitrogens is 2. The Morgan fingerprint density at radius 2 is 1.36 bits per heavy atom. The van der Waals surface area contributed by atoms with Gasteiger partial charge in [-0.1, -0.05) is 88.4 Å². The zero-order valence-electron chi connectivity index (χ0n) is 34.6. The zero-order chi connectivity index (χ0) is 42.0. The number of allylic oxidation sites excluding steroid dienone is 1. The normalized spacial score (nSPS) is 18.9. The molecule has 0 bridgehead atoms. The van der Waals surface area contributed by atoms with Crippen LogP contribution in [0.4, 0.5) is 9.59 Å². The number of nitrogens with zero attached hydrogens (tertiary/aromatic N) is 4. The Morgan fingerprint density at radius 1 is 0.780 bits per heavy atom. The lowest BCUT2D eigenvalue weighted by atomic mass is 9.95. The Morgan fingerprint density at radius 3 is 1.98 bits per heavy atom. The number of rotatable bonds is 11. The average Bonchev–Trinajstić information content (AvgIpc) is 4.08. The van der Waals surface area contributed by atoms with Crippen LogP contribution in [-0.2, 0) is 19.1 Å². The van der Waals surface area contributed by atoms with E-state index in [1.165, 1.54) is 14.2 Å². The third-order valence-corrected chi connectivity index (χ3v) is 11.6. The lowest BCUT2D eigenvalue weighted by Gasteiger charge is -2.30. The lowest BCUT2D eigenvalue weighted by Crippen LogP contribution is -2.53. The molecule has 7 rings (SSSR count). The average molecular weight is 800 g/mol. The number of alkyl carbamates (subject to hydrolysis) is 2. The molecule has 3 aliphatic rings. The van der Waals surface area contributed by atoms with Crippen molar-refractivity contribution >= 4 is 46.1 Å². The number of likely N-dealkylation sites (tertiary alicyclic amines) is 2. The first kappa shape index (κ1) is 40.9. The van der Waals surface area contributed by atoms with E-state index in [0.717, 1.165) is 74.2 Å². The van der Waals surface area contributed by atoms with Gasteiger partial charge in [-0.25, -0.2) is 14.6 Å². The molecule has 308 valence electrons. The summed E-state index contributed by atoms with van der Waals surface area (Å²) in [5.41, 5.74) is 8.09. The van der Waals surface area contributed by atoms with Crippen LogP contribution in [0.25, 0.3) is 38.7 Å². The number of fused-ring (bicyclic) bond motifs is 1. The van der Waals surface area contributed by atoms with Crippen LogP contribution in [0.1, 0.15) is 70.8 Å². The maximum Gasteiger partial charge on any atom is 0.407 e. The van der Waals surface area contributed by atoms with Gasteiger partial charge in [-0.3, -0.25) is 14.6 Å². The van der Waals surface area contributed by atoms with Crippen LogP contribution >= 0.6 is 0 Å². The summed E-state index contributed by atoms with van der Waals surface area (Å²) in [5, 5.41) is 7.61. The van der Waals surface area contributed by atoms with Crippen molar-refractivity contribution in [2.24, 2.45) is 16.8 Å². The summed E-state index contributed by atoms with van der Waals surface area (Å²) < 4.78 is 9.55. The first-order valence-electron chi connectivity index (χ1n) is 20.3. The van der Waals surface area contributed by atoms with E-state index in [0.29, 0.717) is 25.9 Å². The minimum Gasteiger partial charge on any atom is -0.453 e. The number of aromatic amines is 1. The van der Waals surface area contributed by atoms with Crippen LogP contribution in [0.15, 0.2) is 90.2 Å². The molecule has 4 heterocycles. The first-order valence-corrected chi connectivity index (χ1v) is 20.3. The second kappa shape index (κ2) is 17.3. The number of carbonyl (C=O) groups is 4. The Labute approximate surface area is 345 Å². The number of H-pyrrole nitrogens is 1. The zero-order valence-corrected chi connectivity index (χ0v) is 34.6. The van der Waals surface area contributed by atoms with Gasteiger partial charge in [0.15, 0.2) is 0 Å². The van der Waals surface area contributed by atoms with E-state index < -0.39 is 24.3 Å². The molecule has 4 aromatic rings. The SMILES string of the molecule is C=C1C[C@@H](C2=NC=C(c3ccc(-c4ccc5cc(-c6cnc([C@@H]7CCCN7C(=O)[C@@H](NC(=O)OC)C(C)C)[nH]6)ccc5c4)cc3)C2)N(C(=O)[C@@H](NC(=O)OC)C(C)C)C1. The van der Waals surface area contributed by atoms with Crippen molar-refractivity contribution in [3.05, 3.63) is 96.6 Å². The number of nitrogens with one attached hydrogen (secondary N) is 3. The van der Waals surface area contributed by atoms with Crippen molar-refractivity contribution in [1.82, 2.24) is 30.4 Å². The van der Waals surface area contributed by atoms with E-state index in [1.54, 1.807) is 4.90 Å². The highest BCUT2D eigenvalue weighted by Gasteiger charge is 2.40. The van der Waals surface area contributed by atoms with Gasteiger partial charge < -0.3 is 34.9 Å². The molecule has 4 amide bonds. The molecule has 3 aliphatic heterocycles. The quantitative estimate of drug-likeness (QED) is 0.131. The Hall–Kier alpha value is -6.24. The van der Waals surface area contributed by atoms with Crippen molar-refractivity contribution in [3.63, 3.8) is 0 Å². The highest BCUT2D eigenvalue weighted by molar-refractivity contribution is 6.04. The van der Waals surface area contributed by atoms with Crippen molar-refractivity contribution in [2.45, 2.75) is 77.5 Å². The summed E-state index contributed by atoms with van der Waals surface area (Å²) in [4.78, 5) is 67.9. The molecule has 2 fully saturated rings. The predicted octanol–water partition coefficient (Wildman–Crippen LogP) is 7.66. The smallest absolute Gasteiger partial charge is 0.407 e. The summed E-state index contributed by atoms with van der Waals surface area (Å²) in [5.74, 6) is 0.203. The van der Waals surface area contributed by atoms with Gasteiger partial charge in [0.1, 0.15) is 17.9 Å². The van der Waals surface area contributed by atoms with E-state index >= 15 is 0 Å². The summed E-state index contributed by atoms with van der Waals surface area (Å²) in [7, 11) is 2.58. The lowest BCUT2D eigenvalue weighted by molar-refractivity contribution is -0.135. The highest BCUT2D eigenvalue weighted by Crippen LogP contribution is 2.36. The molecule has 13 nitrogen and oxygen atoms in total. The number of amides is 4. The van der Waals surface area contributed by atoms with E-state index in [-0.39, 0.29) is 35.7 Å². The monoisotopic (exact) mass is 799 g/mol. The Bertz CT molecular complexity index is 2330. The molecule has 3 aromatic carbocycles. The van der Waals surface area contributed by atoms with Crippen LogP contribution in [-0.4, -0.2) is 94.9 Å². The molecular formula is C46H53N7O6. The molecule has 13 heteroatoms. The van der Waals surface area contributed by atoms with E-state index in [9.17, 15) is 19.2 Å². The van der Waals surface area contributed by atoms with Crippen LogP contribution in [0.3, 0.4) is 0 Å². The molecule has 59 heavy (non-hydrogen) atoms. The molecule has 4 atom stereocenters. The number of imidazole rings is 1. The topological polar surface area (TPSA) is 158 Å². The van der Waals surface area contributed by atoms with Gasteiger partial charge in [0, 0.05) is 37.0 Å². The number of hydrogen-bond donors (Lipinski definition) is 3. The summed E-state index contributed by atoms with van der Waals surface area (Å²) in [6.07, 6.45) is 5.36. The van der Waals surface area contributed by atoms with Crippen LogP contribution in [0, 0.1) is 11.8 Å². The van der Waals surface area contributed by atoms with Crippen LogP contribution in [0.2, 0.25) is 0 Å². The van der Waals surface area contributed by atoms with Gasteiger partial charge in [-0.05, 0) is 76.3 Å². The highest BCUT2D eigenvalue weighted by atomic mass is 16.5. The summed E-state index contributed by atoms with van der Waals surface area (Å²) in [6, 6.07) is 19.4. The molecule has 0 aliphatic carbocycles. The van der Waals surface area contributed by atoms with Gasteiger partial charge >= 0.3 is 12.2 Å². The van der Waals surface area contributed by atoms with Gasteiger partial charge in [0.2, 0.25) is 11.8 Å². The second-order valence-electron chi connectivity index (χ2n) is 16.3. The van der Waals surface area contributed by atoms with Gasteiger partial charge in [0.05, 0.1) is 38.2 Å². The third kappa shape index (κ3) is 8.64. The van der Waals surface area contributed by atoms with E-state index in [4.69, 9.17) is 19.5 Å². The molecule has 2 saturated heterocycles. The number of hydrogen-bond acceptors (Lipinski definition) is 8. The van der Waals surface area contributed by atoms with Crippen LogP contribution < -0.4 is 10.6 Å². The fourth-order valence-corrected chi connectivity index (χ4v) is 8.35. The standard InChI is InChI=1S/C46H53N7O6/c1-26(2)40(50-45(56)58-6)43(54)52-18-8-9-38(52)42-48-24-37(49-42)34-17-16-32-20-31(14-15-33(32)21-34)29-10-12-30(13-11-29)35-22-36(47-23-35)39-19-28(5)25-53(39)44(55)41(27(3)4)51-46(57)59-7/h10-17,20-21,23-24,26-27,38-41H,5,8-9,18-19,22,25H2,1-4,6-7H3,(H,48,49)(H,50,56)(H,51,57)/t38-,39-,40-,41-/m0/s1. The number of aliphatic imine (C=N–C) groups is 1. The van der Waals surface area contributed by atoms with E-state index in [2.05, 4.69) is 82.9 Å². The van der Waals surface area contributed by atoms with Gasteiger partial charge in [-0.2, -0.15) is 0 Å². The van der Waals surface area contributed by atoms with E-state index in [1.807, 2.05) is 45.0 Å². The predicted molar refractivity (Wildman–Crippen MR) is 228 cm³/mol. The summed E-state index contributed by atoms with van der Waals surface area (Å²) in [6.45, 7) is 12.8. The molecule has 0 radical (unpaired) electrons. The first-order chi connectivity index (χ1) is 28.3. The molecule has 0 spiro atoms. The maximum atomic E-state index is 13.7. The largest absolute Gasteiger partial charge is 0.453 e. The maximum absolute atomic E-state index is 13.7. The van der Waals surface area contributed by atoms with Gasteiger partial charge in [0.25, 0.3) is 0 Å². The number of ether oxygens (including phenoxy) is 2. The fraction of sp³-hybridized carbons (Fsp3) is 0.391. The molecule has 0 unspecified atom stereocenters. The second-order valence-corrected chi connectivity index (χ2v) is 16.3. The van der Waals surface area contributed by atoms with Crippen molar-refractivity contribution in [2.75, 3.05) is 27.3 Å².